The minimum atomic E-state index is -0.506. The van der Waals surface area contributed by atoms with Gasteiger partial charge in [0.25, 0.3) is 0 Å². The predicted molar refractivity (Wildman–Crippen MR) is 69.6 cm³/mol. The van der Waals surface area contributed by atoms with E-state index in [0.717, 1.165) is 0 Å². The van der Waals surface area contributed by atoms with E-state index < -0.39 is 5.82 Å². The summed E-state index contributed by atoms with van der Waals surface area (Å²) in [4.78, 5) is 11.9. The fraction of sp³-hybridized carbons (Fsp3) is 0.308. The molecule has 0 unspecified atom stereocenters. The highest BCUT2D eigenvalue weighted by Gasteiger charge is 2.16. The maximum absolute atomic E-state index is 13.8. The molecule has 0 spiro atoms. The topological polar surface area (TPSA) is 26.3 Å². The molecule has 0 radical (unpaired) electrons. The lowest BCUT2D eigenvalue weighted by Gasteiger charge is -2.07. The fourth-order valence-corrected chi connectivity index (χ4v) is 1.97. The lowest BCUT2D eigenvalue weighted by Crippen LogP contribution is -2.08. The zero-order valence-corrected chi connectivity index (χ0v) is 11.4. The average molecular weight is 301 g/mol. The Hall–Kier alpha value is -1.00. The standard InChI is InChI=1S/C13H14BrFO2/c1-3-4-9-7-10(14)8-11(15)13(9)12(16)5-6-17-2/h3-4,7-8H,5-6H2,1-2H3/b4-3+. The Balaban J connectivity index is 3.16. The summed E-state index contributed by atoms with van der Waals surface area (Å²) in [5.74, 6) is -0.751. The molecule has 0 aromatic heterocycles. The smallest absolute Gasteiger partial charge is 0.168 e. The van der Waals surface area contributed by atoms with Gasteiger partial charge in [0.15, 0.2) is 5.78 Å². The number of ether oxygens (including phenoxy) is 1. The molecule has 92 valence electrons. The van der Waals surface area contributed by atoms with E-state index >= 15 is 0 Å². The zero-order valence-electron chi connectivity index (χ0n) is 9.80. The van der Waals surface area contributed by atoms with Crippen molar-refractivity contribution in [1.82, 2.24) is 0 Å². The van der Waals surface area contributed by atoms with Crippen molar-refractivity contribution >= 4 is 27.8 Å². The number of hydrogen-bond donors (Lipinski definition) is 0. The van der Waals surface area contributed by atoms with E-state index in [1.807, 2.05) is 6.92 Å². The molecule has 2 nitrogen and oxygen atoms in total. The van der Waals surface area contributed by atoms with Crippen molar-refractivity contribution in [1.29, 1.82) is 0 Å². The van der Waals surface area contributed by atoms with Gasteiger partial charge >= 0.3 is 0 Å². The van der Waals surface area contributed by atoms with Crippen LogP contribution in [0.25, 0.3) is 6.08 Å². The van der Waals surface area contributed by atoms with E-state index in [9.17, 15) is 9.18 Å². The lowest BCUT2D eigenvalue weighted by atomic mass is 10.0. The molecule has 0 N–H and O–H groups in total. The van der Waals surface area contributed by atoms with Crippen molar-refractivity contribution in [3.63, 3.8) is 0 Å². The SMILES string of the molecule is C/C=C/c1cc(Br)cc(F)c1C(=O)CCOC. The Kier molecular flexibility index (Phi) is 5.51. The second kappa shape index (κ2) is 6.67. The van der Waals surface area contributed by atoms with Crippen LogP contribution in [0.15, 0.2) is 22.7 Å². The number of hydrogen-bond acceptors (Lipinski definition) is 2. The van der Waals surface area contributed by atoms with E-state index in [1.54, 1.807) is 18.2 Å². The summed E-state index contributed by atoms with van der Waals surface area (Å²) in [6.45, 7) is 2.12. The van der Waals surface area contributed by atoms with E-state index in [1.165, 1.54) is 13.2 Å². The number of allylic oxidation sites excluding steroid dienone is 1. The normalized spacial score (nSPS) is 11.1. The summed E-state index contributed by atoms with van der Waals surface area (Å²) in [6.07, 6.45) is 3.67. The van der Waals surface area contributed by atoms with Gasteiger partial charge in [0, 0.05) is 18.0 Å². The number of ketones is 1. The van der Waals surface area contributed by atoms with Gasteiger partial charge in [-0.25, -0.2) is 4.39 Å². The van der Waals surface area contributed by atoms with E-state index in [4.69, 9.17) is 4.74 Å². The van der Waals surface area contributed by atoms with Gasteiger partial charge in [-0.15, -0.1) is 0 Å². The molecule has 0 heterocycles. The Labute approximate surface area is 109 Å². The van der Waals surface area contributed by atoms with Crippen molar-refractivity contribution in [2.24, 2.45) is 0 Å². The molecule has 0 bridgehead atoms. The van der Waals surface area contributed by atoms with Gasteiger partial charge in [0.05, 0.1) is 12.2 Å². The van der Waals surface area contributed by atoms with E-state index in [0.29, 0.717) is 16.6 Å². The van der Waals surface area contributed by atoms with Crippen molar-refractivity contribution in [3.05, 3.63) is 39.6 Å². The van der Waals surface area contributed by atoms with Crippen LogP contribution in [-0.4, -0.2) is 19.5 Å². The van der Waals surface area contributed by atoms with Crippen molar-refractivity contribution in [2.75, 3.05) is 13.7 Å². The van der Waals surface area contributed by atoms with Crippen LogP contribution < -0.4 is 0 Å². The highest BCUT2D eigenvalue weighted by atomic mass is 79.9. The summed E-state index contributed by atoms with van der Waals surface area (Å²) in [5.41, 5.74) is 0.712. The molecule has 1 aromatic carbocycles. The Morgan fingerprint density at radius 3 is 2.82 bits per heavy atom. The third kappa shape index (κ3) is 3.75. The highest BCUT2D eigenvalue weighted by Crippen LogP contribution is 2.23. The largest absolute Gasteiger partial charge is 0.384 e. The number of Topliss-reactive ketones (excluding diaryl/α,β-unsaturated/α-hetero) is 1. The maximum atomic E-state index is 13.8. The van der Waals surface area contributed by atoms with Gasteiger partial charge < -0.3 is 4.74 Å². The molecule has 0 aliphatic rings. The van der Waals surface area contributed by atoms with Crippen LogP contribution in [0.1, 0.15) is 29.3 Å². The van der Waals surface area contributed by atoms with Crippen LogP contribution in [-0.2, 0) is 4.74 Å². The average Bonchev–Trinajstić information content (AvgIpc) is 2.25. The molecule has 0 saturated heterocycles. The molecule has 0 aliphatic carbocycles. The third-order valence-electron chi connectivity index (χ3n) is 2.24. The monoisotopic (exact) mass is 300 g/mol. The quantitative estimate of drug-likeness (QED) is 0.772. The molecule has 1 rings (SSSR count). The molecule has 0 atom stereocenters. The lowest BCUT2D eigenvalue weighted by molar-refractivity contribution is 0.0928. The molecule has 1 aromatic rings. The molecular formula is C13H14BrFO2. The number of methoxy groups -OCH3 is 1. The minimum Gasteiger partial charge on any atom is -0.384 e. The van der Waals surface area contributed by atoms with Gasteiger partial charge in [-0.05, 0) is 24.6 Å². The summed E-state index contributed by atoms with van der Waals surface area (Å²) < 4.78 is 19.2. The van der Waals surface area contributed by atoms with Gasteiger partial charge in [-0.2, -0.15) is 0 Å². The van der Waals surface area contributed by atoms with Crippen molar-refractivity contribution < 1.29 is 13.9 Å². The Morgan fingerprint density at radius 1 is 1.53 bits per heavy atom. The number of carbonyl (C=O) groups is 1. The summed E-state index contributed by atoms with van der Waals surface area (Å²) in [5, 5.41) is 0. The first kappa shape index (κ1) is 14.1. The molecule has 0 amide bonds. The number of carbonyl (C=O) groups excluding carboxylic acids is 1. The van der Waals surface area contributed by atoms with Gasteiger partial charge in [-0.1, -0.05) is 28.1 Å². The molecular weight excluding hydrogens is 287 g/mol. The minimum absolute atomic E-state index is 0.128. The Bertz CT molecular complexity index is 441. The van der Waals surface area contributed by atoms with Crippen LogP contribution in [0.2, 0.25) is 0 Å². The van der Waals surface area contributed by atoms with Crippen molar-refractivity contribution in [3.8, 4) is 0 Å². The predicted octanol–water partition coefficient (Wildman–Crippen LogP) is 3.84. The molecule has 4 heteroatoms. The molecule has 17 heavy (non-hydrogen) atoms. The number of halogens is 2. The van der Waals surface area contributed by atoms with Crippen LogP contribution >= 0.6 is 15.9 Å². The van der Waals surface area contributed by atoms with Crippen LogP contribution in [0.3, 0.4) is 0 Å². The summed E-state index contributed by atoms with van der Waals surface area (Å²) in [7, 11) is 1.51. The van der Waals surface area contributed by atoms with Crippen LogP contribution in [0.5, 0.6) is 0 Å². The number of rotatable bonds is 5. The summed E-state index contributed by atoms with van der Waals surface area (Å²) >= 11 is 3.21. The summed E-state index contributed by atoms with van der Waals surface area (Å²) in [6, 6.07) is 3.02. The second-order valence-corrected chi connectivity index (χ2v) is 4.43. The molecule has 0 aliphatic heterocycles. The van der Waals surface area contributed by atoms with Crippen LogP contribution in [0.4, 0.5) is 4.39 Å². The maximum Gasteiger partial charge on any atom is 0.168 e. The highest BCUT2D eigenvalue weighted by molar-refractivity contribution is 9.10. The first-order valence-electron chi connectivity index (χ1n) is 5.24. The van der Waals surface area contributed by atoms with E-state index in [-0.39, 0.29) is 17.8 Å². The van der Waals surface area contributed by atoms with Crippen molar-refractivity contribution in [2.45, 2.75) is 13.3 Å². The molecule has 0 fully saturated rings. The van der Waals surface area contributed by atoms with Gasteiger partial charge in [0.2, 0.25) is 0 Å². The van der Waals surface area contributed by atoms with E-state index in [2.05, 4.69) is 15.9 Å². The first-order valence-corrected chi connectivity index (χ1v) is 6.03. The second-order valence-electron chi connectivity index (χ2n) is 3.52. The third-order valence-corrected chi connectivity index (χ3v) is 2.70. The first-order chi connectivity index (χ1) is 8.10. The zero-order chi connectivity index (χ0) is 12.8. The fourth-order valence-electron chi connectivity index (χ4n) is 1.52. The Morgan fingerprint density at radius 2 is 2.24 bits per heavy atom. The van der Waals surface area contributed by atoms with Gasteiger partial charge in [-0.3, -0.25) is 4.79 Å². The van der Waals surface area contributed by atoms with Gasteiger partial charge in [0.1, 0.15) is 5.82 Å². The van der Waals surface area contributed by atoms with Crippen LogP contribution in [0, 0.1) is 5.82 Å². The molecule has 0 saturated carbocycles. The number of benzene rings is 1.